The van der Waals surface area contributed by atoms with Crippen LogP contribution in [0.4, 0.5) is 0 Å². The number of rotatable bonds is 8. The fourth-order valence-corrected chi connectivity index (χ4v) is 4.55. The number of carboxylic acids is 1. The molecule has 2 aromatic carbocycles. The lowest BCUT2D eigenvalue weighted by atomic mass is 10.1. The van der Waals surface area contributed by atoms with Crippen LogP contribution in [0, 0.1) is 0 Å². The first-order valence-electron chi connectivity index (χ1n) is 8.65. The van der Waals surface area contributed by atoms with Crippen LogP contribution in [0.1, 0.15) is 29.9 Å². The predicted molar refractivity (Wildman–Crippen MR) is 104 cm³/mol. The average Bonchev–Trinajstić information content (AvgIpc) is 3.07. The van der Waals surface area contributed by atoms with Crippen LogP contribution in [0.5, 0.6) is 5.75 Å². The summed E-state index contributed by atoms with van der Waals surface area (Å²) in [6.07, 6.45) is 1.54. The number of hydrogen-bond donors (Lipinski definition) is 5. The predicted octanol–water partition coefficient (Wildman–Crippen LogP) is 3.51. The molecule has 0 fully saturated rings. The van der Waals surface area contributed by atoms with Gasteiger partial charge in [-0.3, -0.25) is 14.7 Å². The summed E-state index contributed by atoms with van der Waals surface area (Å²) in [7, 11) is -4.35. The van der Waals surface area contributed by atoms with Crippen molar-refractivity contribution in [3.8, 4) is 5.75 Å². The number of para-hydroxylation sites is 2. The molecular weight excluding hydrogens is 383 g/mol. The third-order valence-electron chi connectivity index (χ3n) is 4.38. The van der Waals surface area contributed by atoms with Crippen molar-refractivity contribution in [2.45, 2.75) is 18.7 Å². The minimum absolute atomic E-state index is 0.0512. The number of aromatic hydroxyl groups is 1. The maximum Gasteiger partial charge on any atom is 0.349 e. The Hall–Kier alpha value is -2.64. The van der Waals surface area contributed by atoms with Crippen LogP contribution < -0.4 is 5.32 Å². The lowest BCUT2D eigenvalue weighted by Gasteiger charge is -2.27. The van der Waals surface area contributed by atoms with Crippen LogP contribution in [0.25, 0.3) is 10.9 Å². The average molecular weight is 404 g/mol. The van der Waals surface area contributed by atoms with Gasteiger partial charge in [-0.25, -0.2) is 0 Å². The van der Waals surface area contributed by atoms with Crippen LogP contribution in [0.15, 0.2) is 54.7 Å². The molecule has 0 aliphatic carbocycles. The smallest absolute Gasteiger partial charge is 0.349 e. The highest BCUT2D eigenvalue weighted by Gasteiger charge is 2.39. The zero-order valence-electron chi connectivity index (χ0n) is 15.1. The molecule has 28 heavy (non-hydrogen) atoms. The van der Waals surface area contributed by atoms with Crippen molar-refractivity contribution >= 4 is 24.5 Å². The van der Waals surface area contributed by atoms with Gasteiger partial charge in [-0.15, -0.1) is 0 Å². The molecule has 148 valence electrons. The molecule has 0 bridgehead atoms. The molecule has 1 heterocycles. The molecule has 9 heteroatoms. The van der Waals surface area contributed by atoms with Crippen molar-refractivity contribution in [3.05, 3.63) is 65.9 Å². The van der Waals surface area contributed by atoms with Crippen molar-refractivity contribution < 1.29 is 29.0 Å². The lowest BCUT2D eigenvalue weighted by molar-refractivity contribution is -0.139. The molecule has 1 aromatic heterocycles. The van der Waals surface area contributed by atoms with E-state index in [9.17, 15) is 24.5 Å². The fraction of sp³-hybridized carbons (Fsp3) is 0.211. The molecule has 0 aliphatic heterocycles. The van der Waals surface area contributed by atoms with Crippen molar-refractivity contribution in [2.24, 2.45) is 0 Å². The Bertz CT molecular complexity index is 1030. The molecule has 3 aromatic rings. The van der Waals surface area contributed by atoms with Gasteiger partial charge < -0.3 is 24.6 Å². The SMILES string of the molecule is CCOP(=O)(O)C(N[C@H](C(=O)O)c1c[nH]c2ccccc12)c1ccccc1O. The minimum atomic E-state index is -4.35. The third-order valence-corrected chi connectivity index (χ3v) is 6.08. The third kappa shape index (κ3) is 3.95. The second-order valence-corrected chi connectivity index (χ2v) is 8.07. The Morgan fingerprint density at radius 1 is 1.18 bits per heavy atom. The highest BCUT2D eigenvalue weighted by atomic mass is 31.2. The maximum absolute atomic E-state index is 12.8. The summed E-state index contributed by atoms with van der Waals surface area (Å²) in [6.45, 7) is 1.50. The number of phenols is 1. The second kappa shape index (κ2) is 8.16. The zero-order valence-corrected chi connectivity index (χ0v) is 16.0. The Kier molecular flexibility index (Phi) is 5.86. The van der Waals surface area contributed by atoms with Crippen molar-refractivity contribution in [1.29, 1.82) is 0 Å². The number of fused-ring (bicyclic) bond motifs is 1. The number of hydrogen-bond acceptors (Lipinski definition) is 5. The number of aliphatic carboxylic acids is 1. The molecular formula is C19H21N2O6P. The molecule has 0 saturated carbocycles. The molecule has 0 spiro atoms. The van der Waals surface area contributed by atoms with Gasteiger partial charge in [0.1, 0.15) is 17.6 Å². The van der Waals surface area contributed by atoms with E-state index in [0.29, 0.717) is 10.9 Å². The fourth-order valence-electron chi connectivity index (χ4n) is 3.12. The van der Waals surface area contributed by atoms with Gasteiger partial charge in [0.15, 0.2) is 0 Å². The first-order chi connectivity index (χ1) is 13.3. The summed E-state index contributed by atoms with van der Waals surface area (Å²) in [4.78, 5) is 25.5. The minimum Gasteiger partial charge on any atom is -0.508 e. The highest BCUT2D eigenvalue weighted by molar-refractivity contribution is 7.53. The Labute approximate surface area is 161 Å². The molecule has 0 aliphatic rings. The van der Waals surface area contributed by atoms with E-state index < -0.39 is 25.4 Å². The highest BCUT2D eigenvalue weighted by Crippen LogP contribution is 2.57. The van der Waals surface area contributed by atoms with Gasteiger partial charge in [0.05, 0.1) is 6.61 Å². The molecule has 0 amide bonds. The van der Waals surface area contributed by atoms with Gasteiger partial charge in [0.2, 0.25) is 0 Å². The Morgan fingerprint density at radius 2 is 1.86 bits per heavy atom. The van der Waals surface area contributed by atoms with Gasteiger partial charge in [0.25, 0.3) is 0 Å². The summed E-state index contributed by atoms with van der Waals surface area (Å²) in [5, 5.41) is 23.4. The van der Waals surface area contributed by atoms with Gasteiger partial charge in [-0.2, -0.15) is 0 Å². The standard InChI is InChI=1S/C19H21N2O6P/c1-2-27-28(25,26)18(13-8-4-6-10-16(13)22)21-17(19(23)24)14-11-20-15-9-5-3-7-12(14)15/h3-11,17-18,20-22H,2H2,1H3,(H,23,24)(H,25,26)/t17-,18?/m0/s1. The van der Waals surface area contributed by atoms with E-state index in [0.717, 1.165) is 5.52 Å². The quantitative estimate of drug-likeness (QED) is 0.363. The van der Waals surface area contributed by atoms with Gasteiger partial charge >= 0.3 is 13.6 Å². The topological polar surface area (TPSA) is 132 Å². The number of aromatic amines is 1. The lowest BCUT2D eigenvalue weighted by Crippen LogP contribution is -2.32. The van der Waals surface area contributed by atoms with E-state index in [2.05, 4.69) is 10.3 Å². The van der Waals surface area contributed by atoms with E-state index >= 15 is 0 Å². The monoisotopic (exact) mass is 404 g/mol. The maximum atomic E-state index is 12.8. The molecule has 3 atom stereocenters. The first-order valence-corrected chi connectivity index (χ1v) is 10.3. The van der Waals surface area contributed by atoms with Crippen LogP contribution in [0.3, 0.4) is 0 Å². The van der Waals surface area contributed by atoms with Gasteiger partial charge in [-0.1, -0.05) is 36.4 Å². The summed E-state index contributed by atoms with van der Waals surface area (Å²) >= 11 is 0. The van der Waals surface area contributed by atoms with E-state index in [1.165, 1.54) is 12.1 Å². The van der Waals surface area contributed by atoms with E-state index in [4.69, 9.17) is 4.52 Å². The molecule has 8 nitrogen and oxygen atoms in total. The molecule has 0 radical (unpaired) electrons. The van der Waals surface area contributed by atoms with Crippen molar-refractivity contribution in [3.63, 3.8) is 0 Å². The number of aromatic nitrogens is 1. The Balaban J connectivity index is 2.08. The van der Waals surface area contributed by atoms with Gasteiger partial charge in [0, 0.05) is 28.2 Å². The zero-order chi connectivity index (χ0) is 20.3. The Morgan fingerprint density at radius 3 is 2.54 bits per heavy atom. The summed E-state index contributed by atoms with van der Waals surface area (Å²) in [6, 6.07) is 11.8. The van der Waals surface area contributed by atoms with Crippen LogP contribution in [0.2, 0.25) is 0 Å². The number of nitrogens with one attached hydrogen (secondary N) is 2. The summed E-state index contributed by atoms with van der Waals surface area (Å²) < 4.78 is 17.8. The second-order valence-electron chi connectivity index (χ2n) is 6.17. The van der Waals surface area contributed by atoms with E-state index in [1.54, 1.807) is 43.5 Å². The van der Waals surface area contributed by atoms with Crippen LogP contribution >= 0.6 is 7.60 Å². The number of carboxylic acid groups (broad SMARTS) is 1. The number of carbonyl (C=O) groups is 1. The number of H-pyrrole nitrogens is 1. The molecule has 0 saturated heterocycles. The van der Waals surface area contributed by atoms with Crippen molar-refractivity contribution in [2.75, 3.05) is 6.61 Å². The molecule has 3 rings (SSSR count). The van der Waals surface area contributed by atoms with Crippen LogP contribution in [-0.2, 0) is 13.9 Å². The van der Waals surface area contributed by atoms with E-state index in [1.807, 2.05) is 6.07 Å². The van der Waals surface area contributed by atoms with Gasteiger partial charge in [-0.05, 0) is 19.1 Å². The number of benzene rings is 2. The summed E-state index contributed by atoms with van der Waals surface area (Å²) in [5.41, 5.74) is 1.22. The van der Waals surface area contributed by atoms with E-state index in [-0.39, 0.29) is 17.9 Å². The van der Waals surface area contributed by atoms with Crippen molar-refractivity contribution in [1.82, 2.24) is 10.3 Å². The normalized spacial score (nSPS) is 15.8. The molecule has 2 unspecified atom stereocenters. The van der Waals surface area contributed by atoms with Crippen LogP contribution in [-0.4, -0.2) is 32.7 Å². The summed E-state index contributed by atoms with van der Waals surface area (Å²) in [5.74, 6) is -2.91. The number of phenolic OH excluding ortho intramolecular Hbond substituents is 1. The largest absolute Gasteiger partial charge is 0.508 e. The molecule has 5 N–H and O–H groups in total. The first kappa shape index (κ1) is 20.1.